The zero-order chi connectivity index (χ0) is 24.5. The van der Waals surface area contributed by atoms with Crippen LogP contribution in [0.25, 0.3) is 11.1 Å². The standard InChI is InChI=1S/C26H25Br2NO5/c1-4-23(26(30)32-5-2)34-29-16-17-13-21(27)25(22(28)14-17)33-19-11-12-24(31-3)20(15-19)18-9-7-6-8-10-18/h6-16,23H,4-5H2,1-3H3. The minimum Gasteiger partial charge on any atom is -0.496 e. The second-order valence-electron chi connectivity index (χ2n) is 7.13. The van der Waals surface area contributed by atoms with E-state index in [0.717, 1.165) is 31.4 Å². The highest BCUT2D eigenvalue weighted by atomic mass is 79.9. The molecule has 0 N–H and O–H groups in total. The first-order valence-corrected chi connectivity index (χ1v) is 12.3. The summed E-state index contributed by atoms with van der Waals surface area (Å²) in [5.74, 6) is 1.60. The van der Waals surface area contributed by atoms with Crippen molar-refractivity contribution in [2.24, 2.45) is 5.16 Å². The molecule has 0 saturated carbocycles. The Balaban J connectivity index is 1.79. The van der Waals surface area contributed by atoms with Crippen LogP contribution in [0.2, 0.25) is 0 Å². The summed E-state index contributed by atoms with van der Waals surface area (Å²) < 4.78 is 18.1. The third-order valence-electron chi connectivity index (χ3n) is 4.81. The normalized spacial score (nSPS) is 11.8. The molecule has 1 atom stereocenters. The van der Waals surface area contributed by atoms with Crippen molar-refractivity contribution in [1.82, 2.24) is 0 Å². The van der Waals surface area contributed by atoms with Crippen LogP contribution in [0.15, 0.2) is 74.8 Å². The summed E-state index contributed by atoms with van der Waals surface area (Å²) >= 11 is 7.14. The summed E-state index contributed by atoms with van der Waals surface area (Å²) in [6.07, 6.45) is 1.25. The van der Waals surface area contributed by atoms with Crippen molar-refractivity contribution in [3.63, 3.8) is 0 Å². The number of hydrogen-bond donors (Lipinski definition) is 0. The molecule has 178 valence electrons. The van der Waals surface area contributed by atoms with Gasteiger partial charge in [-0.25, -0.2) is 4.79 Å². The van der Waals surface area contributed by atoms with E-state index in [-0.39, 0.29) is 0 Å². The van der Waals surface area contributed by atoms with Gasteiger partial charge in [-0.2, -0.15) is 0 Å². The lowest BCUT2D eigenvalue weighted by atomic mass is 10.0. The molecule has 0 radical (unpaired) electrons. The molecule has 0 spiro atoms. The molecule has 0 amide bonds. The maximum atomic E-state index is 11.8. The van der Waals surface area contributed by atoms with E-state index in [9.17, 15) is 4.79 Å². The Morgan fingerprint density at radius 1 is 1.03 bits per heavy atom. The van der Waals surface area contributed by atoms with Gasteiger partial charge in [0, 0.05) is 5.56 Å². The van der Waals surface area contributed by atoms with Crippen molar-refractivity contribution in [1.29, 1.82) is 0 Å². The maximum Gasteiger partial charge on any atom is 0.350 e. The van der Waals surface area contributed by atoms with E-state index in [1.165, 1.54) is 6.21 Å². The van der Waals surface area contributed by atoms with E-state index in [4.69, 9.17) is 19.0 Å². The van der Waals surface area contributed by atoms with Gasteiger partial charge in [0.1, 0.15) is 11.5 Å². The van der Waals surface area contributed by atoms with Crippen LogP contribution in [0.5, 0.6) is 17.2 Å². The monoisotopic (exact) mass is 589 g/mol. The lowest BCUT2D eigenvalue weighted by Crippen LogP contribution is -2.24. The smallest absolute Gasteiger partial charge is 0.350 e. The zero-order valence-corrected chi connectivity index (χ0v) is 22.3. The number of ether oxygens (including phenoxy) is 3. The summed E-state index contributed by atoms with van der Waals surface area (Å²) in [5.41, 5.74) is 2.72. The molecule has 3 aromatic rings. The van der Waals surface area contributed by atoms with Gasteiger partial charge in [-0.15, -0.1) is 0 Å². The third-order valence-corrected chi connectivity index (χ3v) is 5.98. The van der Waals surface area contributed by atoms with E-state index in [1.54, 1.807) is 14.0 Å². The number of methoxy groups -OCH3 is 1. The molecule has 34 heavy (non-hydrogen) atoms. The van der Waals surface area contributed by atoms with Crippen molar-refractivity contribution >= 4 is 44.0 Å². The lowest BCUT2D eigenvalue weighted by molar-refractivity contribution is -0.156. The average molecular weight is 591 g/mol. The fourth-order valence-corrected chi connectivity index (χ4v) is 4.53. The van der Waals surface area contributed by atoms with Crippen LogP contribution in [0.1, 0.15) is 25.8 Å². The number of nitrogens with zero attached hydrogens (tertiary/aromatic N) is 1. The van der Waals surface area contributed by atoms with E-state index in [0.29, 0.717) is 24.5 Å². The first-order valence-electron chi connectivity index (χ1n) is 10.7. The molecule has 0 bridgehead atoms. The topological polar surface area (TPSA) is 66.4 Å². The van der Waals surface area contributed by atoms with Crippen LogP contribution in [0, 0.1) is 0 Å². The van der Waals surface area contributed by atoms with Crippen LogP contribution in [0.3, 0.4) is 0 Å². The number of carbonyl (C=O) groups is 1. The predicted molar refractivity (Wildman–Crippen MR) is 140 cm³/mol. The maximum absolute atomic E-state index is 11.8. The number of carbonyl (C=O) groups excluding carboxylic acids is 1. The number of benzene rings is 3. The van der Waals surface area contributed by atoms with Crippen molar-refractivity contribution in [3.8, 4) is 28.4 Å². The fraction of sp³-hybridized carbons (Fsp3) is 0.231. The second kappa shape index (κ2) is 12.6. The second-order valence-corrected chi connectivity index (χ2v) is 8.84. The number of rotatable bonds is 10. The van der Waals surface area contributed by atoms with Gasteiger partial charge in [0.2, 0.25) is 6.10 Å². The van der Waals surface area contributed by atoms with Crippen molar-refractivity contribution in [3.05, 3.63) is 75.2 Å². The molecular weight excluding hydrogens is 566 g/mol. The van der Waals surface area contributed by atoms with Gasteiger partial charge < -0.3 is 19.0 Å². The third kappa shape index (κ3) is 6.61. The van der Waals surface area contributed by atoms with E-state index >= 15 is 0 Å². The lowest BCUT2D eigenvalue weighted by Gasteiger charge is -2.14. The Kier molecular flexibility index (Phi) is 9.53. The molecule has 8 heteroatoms. The SMILES string of the molecule is CCOC(=O)C(CC)ON=Cc1cc(Br)c(Oc2ccc(OC)c(-c3ccccc3)c2)c(Br)c1. The first kappa shape index (κ1) is 25.8. The van der Waals surface area contributed by atoms with E-state index < -0.39 is 12.1 Å². The first-order chi connectivity index (χ1) is 16.5. The van der Waals surface area contributed by atoms with Crippen LogP contribution in [-0.2, 0) is 14.4 Å². The van der Waals surface area contributed by atoms with E-state index in [2.05, 4.69) is 37.0 Å². The molecule has 0 aliphatic heterocycles. The molecular formula is C26H25Br2NO5. The highest BCUT2D eigenvalue weighted by Gasteiger charge is 2.19. The van der Waals surface area contributed by atoms with Gasteiger partial charge in [0.05, 0.1) is 28.9 Å². The highest BCUT2D eigenvalue weighted by molar-refractivity contribution is 9.11. The van der Waals surface area contributed by atoms with Gasteiger partial charge in [-0.1, -0.05) is 42.4 Å². The molecule has 0 aliphatic rings. The molecule has 0 aromatic heterocycles. The zero-order valence-electron chi connectivity index (χ0n) is 19.1. The Morgan fingerprint density at radius 3 is 2.35 bits per heavy atom. The van der Waals surface area contributed by atoms with Crippen LogP contribution in [-0.4, -0.2) is 32.0 Å². The quantitative estimate of drug-likeness (QED) is 0.140. The number of oxime groups is 1. The minimum atomic E-state index is -0.737. The molecule has 0 saturated heterocycles. The van der Waals surface area contributed by atoms with Crippen molar-refractivity contribution in [2.45, 2.75) is 26.4 Å². The minimum absolute atomic E-state index is 0.296. The summed E-state index contributed by atoms with van der Waals surface area (Å²) in [6, 6.07) is 19.3. The molecule has 0 fully saturated rings. The Hall–Kier alpha value is -2.84. The van der Waals surface area contributed by atoms with Crippen LogP contribution in [0.4, 0.5) is 0 Å². The molecule has 3 rings (SSSR count). The molecule has 1 unspecified atom stereocenters. The van der Waals surface area contributed by atoms with Gasteiger partial charge in [-0.05, 0) is 86.7 Å². The van der Waals surface area contributed by atoms with Gasteiger partial charge >= 0.3 is 5.97 Å². The van der Waals surface area contributed by atoms with Gasteiger partial charge in [0.15, 0.2) is 5.75 Å². The summed E-state index contributed by atoms with van der Waals surface area (Å²) in [5, 5.41) is 3.95. The van der Waals surface area contributed by atoms with Gasteiger partial charge in [0.25, 0.3) is 0 Å². The summed E-state index contributed by atoms with van der Waals surface area (Å²) in [7, 11) is 1.65. The summed E-state index contributed by atoms with van der Waals surface area (Å²) in [4.78, 5) is 17.2. The largest absolute Gasteiger partial charge is 0.496 e. The molecule has 3 aromatic carbocycles. The number of hydrogen-bond acceptors (Lipinski definition) is 6. The average Bonchev–Trinajstić information content (AvgIpc) is 2.84. The molecule has 0 aliphatic carbocycles. The molecule has 0 heterocycles. The fourth-order valence-electron chi connectivity index (χ4n) is 3.15. The van der Waals surface area contributed by atoms with Crippen molar-refractivity contribution in [2.75, 3.05) is 13.7 Å². The van der Waals surface area contributed by atoms with Crippen molar-refractivity contribution < 1.29 is 23.8 Å². The number of esters is 1. The number of halogens is 2. The van der Waals surface area contributed by atoms with E-state index in [1.807, 2.05) is 67.6 Å². The summed E-state index contributed by atoms with van der Waals surface area (Å²) in [6.45, 7) is 3.88. The van der Waals surface area contributed by atoms with Gasteiger partial charge in [-0.3, -0.25) is 0 Å². The van der Waals surface area contributed by atoms with Crippen LogP contribution < -0.4 is 9.47 Å². The predicted octanol–water partition coefficient (Wildman–Crippen LogP) is 7.37. The van der Waals surface area contributed by atoms with Crippen LogP contribution >= 0.6 is 31.9 Å². The molecule has 6 nitrogen and oxygen atoms in total. The Bertz CT molecular complexity index is 1130. The highest BCUT2D eigenvalue weighted by Crippen LogP contribution is 2.40. The Labute approximate surface area is 216 Å². The Morgan fingerprint density at radius 2 is 1.74 bits per heavy atom.